The van der Waals surface area contributed by atoms with Crippen molar-refractivity contribution in [2.24, 2.45) is 0 Å². The molecule has 2 fully saturated rings. The summed E-state index contributed by atoms with van der Waals surface area (Å²) in [5, 5.41) is 12.5. The van der Waals surface area contributed by atoms with Crippen molar-refractivity contribution in [3.05, 3.63) is 108 Å². The summed E-state index contributed by atoms with van der Waals surface area (Å²) in [6, 6.07) is 27.7. The molecule has 0 radical (unpaired) electrons. The van der Waals surface area contributed by atoms with Crippen LogP contribution < -0.4 is 31.1 Å². The Morgan fingerprint density at radius 3 is 1.39 bits per heavy atom. The van der Waals surface area contributed by atoms with Gasteiger partial charge in [0.05, 0.1) is 31.3 Å². The molecule has 2 aliphatic rings. The third-order valence-electron chi connectivity index (χ3n) is 9.37. The smallest absolute Gasteiger partial charge is 0.295 e. The minimum atomic E-state index is -4.77. The van der Waals surface area contributed by atoms with Gasteiger partial charge in [0.1, 0.15) is 4.90 Å². The number of anilines is 10. The summed E-state index contributed by atoms with van der Waals surface area (Å²) in [6.45, 7) is 4.32. The third-order valence-corrected chi connectivity index (χ3v) is 11.1. The van der Waals surface area contributed by atoms with Crippen LogP contribution in [0.1, 0.15) is 11.1 Å². The minimum Gasteiger partial charge on any atom is -0.378 e. The van der Waals surface area contributed by atoms with Crippen LogP contribution in [0.3, 0.4) is 0 Å². The van der Waals surface area contributed by atoms with Crippen molar-refractivity contribution < 1.29 is 30.9 Å². The Labute approximate surface area is 352 Å². The van der Waals surface area contributed by atoms with E-state index in [1.165, 1.54) is 30.4 Å². The van der Waals surface area contributed by atoms with Crippen LogP contribution in [0.4, 0.5) is 58.4 Å². The molecule has 6 aromatic rings. The van der Waals surface area contributed by atoms with Gasteiger partial charge in [0, 0.05) is 48.9 Å². The summed E-state index contributed by atoms with van der Waals surface area (Å²) in [7, 11) is -7.90. The van der Waals surface area contributed by atoms with Crippen LogP contribution in [-0.4, -0.2) is 104 Å². The van der Waals surface area contributed by atoms with Crippen LogP contribution in [0.5, 0.6) is 0 Å². The van der Waals surface area contributed by atoms with Crippen LogP contribution in [0, 0.1) is 0 Å². The van der Waals surface area contributed by atoms with Crippen molar-refractivity contribution in [2.45, 2.75) is 9.79 Å². The predicted molar refractivity (Wildman–Crippen MR) is 232 cm³/mol. The molecule has 19 nitrogen and oxygen atoms in total. The van der Waals surface area contributed by atoms with E-state index in [4.69, 9.17) is 9.47 Å². The summed E-state index contributed by atoms with van der Waals surface area (Å²) in [5.74, 6) is 1.64. The van der Waals surface area contributed by atoms with Crippen LogP contribution in [0.15, 0.2) is 107 Å². The lowest BCUT2D eigenvalue weighted by Crippen LogP contribution is -2.37. The van der Waals surface area contributed by atoms with Crippen LogP contribution in [0.2, 0.25) is 0 Å². The lowest BCUT2D eigenvalue weighted by molar-refractivity contribution is 0.122. The quantitative estimate of drug-likeness (QED) is 0.0475. The van der Waals surface area contributed by atoms with E-state index in [2.05, 4.69) is 51.2 Å². The van der Waals surface area contributed by atoms with Crippen molar-refractivity contribution in [3.63, 3.8) is 0 Å². The standard InChI is InChI=1S/C40H40N12O7S2/c53-60(54)33-25-31(43-37-45-35(41-29-7-3-1-4-8-29)47-39(49-37)51-17-21-58-22-18-51)15-13-27(33)11-12-28-14-16-32(26-34(28)61(55,56)57)44-38-46-36(42-30-9-5-2-6-10-30)48-40(50-38)52-19-23-59-24-20-52/h1-16,25-26,60H,17-24H2,(H,55,56,57)(H2,41,43,45,47,49)(H2,42,44,46,48,50)/b12-11+. The Hall–Kier alpha value is -6.78. The van der Waals surface area contributed by atoms with Gasteiger partial charge in [-0.25, -0.2) is 8.42 Å². The largest absolute Gasteiger partial charge is 0.378 e. The van der Waals surface area contributed by atoms with Gasteiger partial charge in [-0.05, 0) is 59.7 Å². The minimum absolute atomic E-state index is 0.0566. The van der Waals surface area contributed by atoms with Crippen LogP contribution in [-0.2, 0) is 30.3 Å². The molecule has 0 aliphatic carbocycles. The number of rotatable bonds is 14. The number of thiol groups is 1. The predicted octanol–water partition coefficient (Wildman–Crippen LogP) is 5.09. The number of nitrogens with one attached hydrogen (secondary N) is 4. The maximum Gasteiger partial charge on any atom is 0.295 e. The van der Waals surface area contributed by atoms with E-state index in [9.17, 15) is 21.4 Å². The number of ether oxygens (including phenoxy) is 2. The molecule has 4 aromatic carbocycles. The lowest BCUT2D eigenvalue weighted by atomic mass is 10.1. The maximum absolute atomic E-state index is 12.7. The highest BCUT2D eigenvalue weighted by atomic mass is 32.2. The Morgan fingerprint density at radius 2 is 0.951 bits per heavy atom. The topological polar surface area (TPSA) is 239 Å². The monoisotopic (exact) mass is 864 g/mol. The molecule has 5 N–H and O–H groups in total. The summed E-state index contributed by atoms with van der Waals surface area (Å²) >= 11 is 0. The van der Waals surface area contributed by atoms with E-state index in [-0.39, 0.29) is 45.5 Å². The molecule has 2 aromatic heterocycles. The second kappa shape index (κ2) is 18.6. The van der Waals surface area contributed by atoms with E-state index in [0.29, 0.717) is 70.2 Å². The second-order valence-electron chi connectivity index (χ2n) is 13.6. The lowest BCUT2D eigenvalue weighted by Gasteiger charge is -2.27. The first-order valence-corrected chi connectivity index (χ1v) is 21.7. The van der Waals surface area contributed by atoms with Crippen LogP contribution >= 0.6 is 0 Å². The van der Waals surface area contributed by atoms with Crippen LogP contribution in [0.25, 0.3) is 12.2 Å². The summed E-state index contributed by atoms with van der Waals surface area (Å²) in [6.07, 6.45) is 2.85. The van der Waals surface area contributed by atoms with Gasteiger partial charge in [-0.1, -0.05) is 60.7 Å². The Bertz CT molecular complexity index is 2710. The number of nitrogens with zero attached hydrogens (tertiary/aromatic N) is 8. The molecule has 0 saturated carbocycles. The molecular weight excluding hydrogens is 825 g/mol. The van der Waals surface area contributed by atoms with E-state index in [1.54, 1.807) is 18.2 Å². The number of hydrogen-bond acceptors (Lipinski definition) is 18. The van der Waals surface area contributed by atoms with Gasteiger partial charge in [0.15, 0.2) is 10.7 Å². The molecule has 2 saturated heterocycles. The van der Waals surface area contributed by atoms with E-state index >= 15 is 0 Å². The SMILES string of the molecule is O=[SH](=O)c1cc(Nc2nc(Nc3ccccc3)nc(N3CCOCC3)n2)ccc1/C=C/c1ccc(Nc2nc(Nc3ccccc3)nc(N3CCOCC3)n2)cc1S(=O)(=O)O. The second-order valence-corrected chi connectivity index (χ2v) is 16.0. The average molecular weight is 865 g/mol. The highest BCUT2D eigenvalue weighted by Gasteiger charge is 2.21. The Balaban J connectivity index is 1.05. The normalized spacial score (nSPS) is 14.6. The summed E-state index contributed by atoms with van der Waals surface area (Å²) in [4.78, 5) is 30.8. The molecule has 0 atom stereocenters. The molecule has 0 spiro atoms. The zero-order valence-electron chi connectivity index (χ0n) is 32.4. The van der Waals surface area contributed by atoms with Gasteiger partial charge in [-0.15, -0.1) is 0 Å². The van der Waals surface area contributed by atoms with Gasteiger partial charge in [0.2, 0.25) is 35.7 Å². The Morgan fingerprint density at radius 1 is 0.541 bits per heavy atom. The van der Waals surface area contributed by atoms with Gasteiger partial charge in [0.25, 0.3) is 10.1 Å². The first-order chi connectivity index (χ1) is 29.6. The summed E-state index contributed by atoms with van der Waals surface area (Å²) in [5.41, 5.74) is 2.51. The number of aromatic nitrogens is 6. The molecular formula is C40H40N12O7S2. The first-order valence-electron chi connectivity index (χ1n) is 19.1. The first kappa shape index (κ1) is 41.0. The van der Waals surface area contributed by atoms with E-state index in [0.717, 1.165) is 11.4 Å². The molecule has 0 unspecified atom stereocenters. The molecule has 21 heteroatoms. The highest BCUT2D eigenvalue weighted by Crippen LogP contribution is 2.28. The number of para-hydroxylation sites is 2. The zero-order valence-corrected chi connectivity index (χ0v) is 34.1. The molecule has 8 rings (SSSR count). The number of benzene rings is 4. The van der Waals surface area contributed by atoms with Gasteiger partial charge in [-0.3, -0.25) is 4.55 Å². The highest BCUT2D eigenvalue weighted by molar-refractivity contribution is 7.86. The molecule has 0 bridgehead atoms. The average Bonchev–Trinajstić information content (AvgIpc) is 3.27. The van der Waals surface area contributed by atoms with Gasteiger partial charge >= 0.3 is 0 Å². The molecule has 0 amide bonds. The van der Waals surface area contributed by atoms with Gasteiger partial charge < -0.3 is 40.5 Å². The van der Waals surface area contributed by atoms with Crippen molar-refractivity contribution in [1.82, 2.24) is 29.9 Å². The number of morpholine rings is 2. The Kier molecular flexibility index (Phi) is 12.5. The van der Waals surface area contributed by atoms with Crippen molar-refractivity contribution in [3.8, 4) is 0 Å². The third kappa shape index (κ3) is 10.7. The van der Waals surface area contributed by atoms with E-state index < -0.39 is 25.7 Å². The molecule has 4 heterocycles. The zero-order chi connectivity index (χ0) is 42.2. The van der Waals surface area contributed by atoms with Crippen molar-refractivity contribution in [2.75, 3.05) is 83.7 Å². The van der Waals surface area contributed by atoms with Crippen molar-refractivity contribution in [1.29, 1.82) is 0 Å². The molecule has 61 heavy (non-hydrogen) atoms. The van der Waals surface area contributed by atoms with Gasteiger partial charge in [-0.2, -0.15) is 38.3 Å². The fourth-order valence-electron chi connectivity index (χ4n) is 6.40. The van der Waals surface area contributed by atoms with Crippen molar-refractivity contribution >= 4 is 91.4 Å². The van der Waals surface area contributed by atoms with E-state index in [1.807, 2.05) is 70.5 Å². The number of hydrogen-bond donors (Lipinski definition) is 6. The molecule has 314 valence electrons. The maximum atomic E-state index is 12.7. The molecule has 2 aliphatic heterocycles. The fraction of sp³-hybridized carbons (Fsp3) is 0.200. The summed E-state index contributed by atoms with van der Waals surface area (Å²) < 4.78 is 71.9. The fourth-order valence-corrected chi connectivity index (χ4v) is 7.71.